The predicted molar refractivity (Wildman–Crippen MR) is 94.1 cm³/mol. The highest BCUT2D eigenvalue weighted by atomic mass is 16.6. The van der Waals surface area contributed by atoms with Crippen molar-refractivity contribution in [2.24, 2.45) is 10.8 Å². The van der Waals surface area contributed by atoms with E-state index in [1.165, 1.54) is 0 Å². The van der Waals surface area contributed by atoms with E-state index >= 15 is 0 Å². The zero-order chi connectivity index (χ0) is 18.1. The molecule has 2 aromatic carbocycles. The van der Waals surface area contributed by atoms with Gasteiger partial charge in [0, 0.05) is 5.39 Å². The fourth-order valence-electron chi connectivity index (χ4n) is 1.91. The lowest BCUT2D eigenvalue weighted by Gasteiger charge is -2.21. The van der Waals surface area contributed by atoms with Gasteiger partial charge in [0.1, 0.15) is 0 Å². The lowest BCUT2D eigenvalue weighted by Crippen LogP contribution is -2.28. The molecule has 0 saturated heterocycles. The third-order valence-corrected chi connectivity index (χ3v) is 3.47. The van der Waals surface area contributed by atoms with Crippen molar-refractivity contribution in [3.63, 3.8) is 0 Å². The van der Waals surface area contributed by atoms with Gasteiger partial charge in [-0.15, -0.1) is 0 Å². The first kappa shape index (κ1) is 18.0. The van der Waals surface area contributed by atoms with Crippen LogP contribution in [-0.2, 0) is 9.59 Å². The Morgan fingerprint density at radius 3 is 1.88 bits per heavy atom. The highest BCUT2D eigenvalue weighted by molar-refractivity contribution is 5.94. The van der Waals surface area contributed by atoms with Gasteiger partial charge in [0.15, 0.2) is 11.5 Å². The van der Waals surface area contributed by atoms with Crippen LogP contribution in [0.2, 0.25) is 0 Å². The maximum Gasteiger partial charge on any atom is 0.316 e. The van der Waals surface area contributed by atoms with Gasteiger partial charge in [-0.25, -0.2) is 0 Å². The number of hydrogen-bond acceptors (Lipinski definition) is 4. The average Bonchev–Trinajstić information content (AvgIpc) is 2.47. The zero-order valence-corrected chi connectivity index (χ0v) is 15.1. The van der Waals surface area contributed by atoms with Crippen LogP contribution in [0.4, 0.5) is 0 Å². The molecule has 0 spiro atoms. The minimum Gasteiger partial charge on any atom is -0.422 e. The second-order valence-electron chi connectivity index (χ2n) is 7.89. The number of carbonyl (C=O) groups is 2. The standard InChI is InChI=1S/C20H24O4/c1-19(2,3)17(21)23-15-12-11-13-9-7-8-10-14(13)16(15)24-18(22)20(4,5)6/h7-12H,1-6H3. The van der Waals surface area contributed by atoms with Gasteiger partial charge < -0.3 is 9.47 Å². The Bertz CT molecular complexity index is 776. The molecular weight excluding hydrogens is 304 g/mol. The second-order valence-corrected chi connectivity index (χ2v) is 7.89. The SMILES string of the molecule is CC(C)(C)C(=O)Oc1ccc2ccccc2c1OC(=O)C(C)(C)C. The Kier molecular flexibility index (Phi) is 4.70. The molecule has 0 aliphatic carbocycles. The number of carbonyl (C=O) groups excluding carboxylic acids is 2. The van der Waals surface area contributed by atoms with Crippen LogP contribution < -0.4 is 9.47 Å². The molecule has 2 aromatic rings. The number of hydrogen-bond donors (Lipinski definition) is 0. The molecule has 24 heavy (non-hydrogen) atoms. The summed E-state index contributed by atoms with van der Waals surface area (Å²) in [6, 6.07) is 11.0. The van der Waals surface area contributed by atoms with E-state index < -0.39 is 10.8 Å². The normalized spacial score (nSPS) is 12.1. The van der Waals surface area contributed by atoms with Crippen molar-refractivity contribution in [1.82, 2.24) is 0 Å². The van der Waals surface area contributed by atoms with Crippen LogP contribution in [-0.4, -0.2) is 11.9 Å². The molecule has 128 valence electrons. The lowest BCUT2D eigenvalue weighted by atomic mass is 9.97. The number of fused-ring (bicyclic) bond motifs is 1. The summed E-state index contributed by atoms with van der Waals surface area (Å²) in [5.41, 5.74) is -1.32. The van der Waals surface area contributed by atoms with Crippen LogP contribution in [0.1, 0.15) is 41.5 Å². The molecule has 0 amide bonds. The Morgan fingerprint density at radius 2 is 1.29 bits per heavy atom. The third kappa shape index (κ3) is 3.94. The van der Waals surface area contributed by atoms with E-state index in [4.69, 9.17) is 9.47 Å². The Balaban J connectivity index is 2.52. The molecular formula is C20H24O4. The van der Waals surface area contributed by atoms with Crippen molar-refractivity contribution in [3.8, 4) is 11.5 Å². The first-order chi connectivity index (χ1) is 11.0. The van der Waals surface area contributed by atoms with Gasteiger partial charge in [0.25, 0.3) is 0 Å². The molecule has 0 saturated carbocycles. The van der Waals surface area contributed by atoms with E-state index in [0.717, 1.165) is 10.8 Å². The zero-order valence-electron chi connectivity index (χ0n) is 15.1. The minimum atomic E-state index is -0.664. The van der Waals surface area contributed by atoms with Gasteiger partial charge in [0.2, 0.25) is 0 Å². The van der Waals surface area contributed by atoms with Gasteiger partial charge in [-0.2, -0.15) is 0 Å². The highest BCUT2D eigenvalue weighted by Gasteiger charge is 2.28. The van der Waals surface area contributed by atoms with Crippen LogP contribution in [0.25, 0.3) is 10.8 Å². The van der Waals surface area contributed by atoms with Gasteiger partial charge in [-0.05, 0) is 53.0 Å². The summed E-state index contributed by atoms with van der Waals surface area (Å²) in [6.07, 6.45) is 0. The van der Waals surface area contributed by atoms with Gasteiger partial charge in [0.05, 0.1) is 10.8 Å². The van der Waals surface area contributed by atoms with Gasteiger partial charge >= 0.3 is 11.9 Å². The monoisotopic (exact) mass is 328 g/mol. The largest absolute Gasteiger partial charge is 0.422 e. The molecule has 0 bridgehead atoms. The number of rotatable bonds is 2. The van der Waals surface area contributed by atoms with Crippen LogP contribution in [0.3, 0.4) is 0 Å². The Hall–Kier alpha value is -2.36. The van der Waals surface area contributed by atoms with Crippen molar-refractivity contribution >= 4 is 22.7 Å². The third-order valence-electron chi connectivity index (χ3n) is 3.47. The molecule has 2 rings (SSSR count). The van der Waals surface area contributed by atoms with Crippen molar-refractivity contribution in [3.05, 3.63) is 36.4 Å². The topological polar surface area (TPSA) is 52.6 Å². The highest BCUT2D eigenvalue weighted by Crippen LogP contribution is 2.38. The first-order valence-electron chi connectivity index (χ1n) is 7.96. The molecule has 0 unspecified atom stereocenters. The lowest BCUT2D eigenvalue weighted by molar-refractivity contribution is -0.145. The molecule has 4 nitrogen and oxygen atoms in total. The summed E-state index contributed by atoms with van der Waals surface area (Å²) < 4.78 is 11.1. The van der Waals surface area contributed by atoms with E-state index in [-0.39, 0.29) is 23.4 Å². The smallest absolute Gasteiger partial charge is 0.316 e. The van der Waals surface area contributed by atoms with E-state index in [1.807, 2.05) is 30.3 Å². The Morgan fingerprint density at radius 1 is 0.750 bits per heavy atom. The van der Waals surface area contributed by atoms with Gasteiger partial charge in [-0.3, -0.25) is 9.59 Å². The second kappa shape index (κ2) is 6.27. The summed E-state index contributed by atoms with van der Waals surface area (Å²) in [5.74, 6) is -0.227. The predicted octanol–water partition coefficient (Wildman–Crippen LogP) is 4.74. The van der Waals surface area contributed by atoms with Crippen LogP contribution in [0.15, 0.2) is 36.4 Å². The maximum atomic E-state index is 12.3. The summed E-state index contributed by atoms with van der Waals surface area (Å²) in [5, 5.41) is 1.64. The fourth-order valence-corrected chi connectivity index (χ4v) is 1.91. The van der Waals surface area contributed by atoms with Crippen molar-refractivity contribution < 1.29 is 19.1 Å². The van der Waals surface area contributed by atoms with E-state index in [1.54, 1.807) is 47.6 Å². The molecule has 0 fully saturated rings. The molecule has 0 radical (unpaired) electrons. The first-order valence-corrected chi connectivity index (χ1v) is 7.96. The number of esters is 2. The van der Waals surface area contributed by atoms with Gasteiger partial charge in [-0.1, -0.05) is 30.3 Å². The van der Waals surface area contributed by atoms with Crippen LogP contribution in [0, 0.1) is 10.8 Å². The van der Waals surface area contributed by atoms with Crippen molar-refractivity contribution in [1.29, 1.82) is 0 Å². The van der Waals surface area contributed by atoms with Crippen LogP contribution >= 0.6 is 0 Å². The van der Waals surface area contributed by atoms with E-state index in [0.29, 0.717) is 0 Å². The van der Waals surface area contributed by atoms with Crippen LogP contribution in [0.5, 0.6) is 11.5 Å². The summed E-state index contributed by atoms with van der Waals surface area (Å²) in [4.78, 5) is 24.6. The number of ether oxygens (including phenoxy) is 2. The molecule has 0 aliphatic rings. The number of benzene rings is 2. The molecule has 4 heteroatoms. The average molecular weight is 328 g/mol. The summed E-state index contributed by atoms with van der Waals surface area (Å²) in [6.45, 7) is 10.7. The summed E-state index contributed by atoms with van der Waals surface area (Å²) in [7, 11) is 0. The van der Waals surface area contributed by atoms with Crippen molar-refractivity contribution in [2.45, 2.75) is 41.5 Å². The Labute approximate surface area is 142 Å². The fraction of sp³-hybridized carbons (Fsp3) is 0.400. The maximum absolute atomic E-state index is 12.3. The molecule has 0 atom stereocenters. The molecule has 0 aromatic heterocycles. The minimum absolute atomic E-state index is 0.256. The molecule has 0 aliphatic heterocycles. The van der Waals surface area contributed by atoms with E-state index in [2.05, 4.69) is 0 Å². The van der Waals surface area contributed by atoms with Crippen molar-refractivity contribution in [2.75, 3.05) is 0 Å². The molecule has 0 heterocycles. The molecule has 0 N–H and O–H groups in total. The van der Waals surface area contributed by atoms with E-state index in [9.17, 15) is 9.59 Å². The summed E-state index contributed by atoms with van der Waals surface area (Å²) >= 11 is 0. The quantitative estimate of drug-likeness (QED) is 0.590.